The highest BCUT2D eigenvalue weighted by Crippen LogP contribution is 2.38. The molecule has 142 valence electrons. The number of carbonyl (C=O) groups is 1. The maximum atomic E-state index is 12.6. The number of amides is 1. The zero-order valence-electron chi connectivity index (χ0n) is 15.4. The molecule has 2 heterocycles. The van der Waals surface area contributed by atoms with Gasteiger partial charge in [-0.1, -0.05) is 18.2 Å². The number of likely N-dealkylation sites (tertiary alicyclic amines) is 1. The average molecular weight is 368 g/mol. The first-order chi connectivity index (χ1) is 13.2. The lowest BCUT2D eigenvalue weighted by atomic mass is 10.0. The van der Waals surface area contributed by atoms with E-state index in [4.69, 9.17) is 14.2 Å². The van der Waals surface area contributed by atoms with Crippen molar-refractivity contribution < 1.29 is 19.0 Å². The van der Waals surface area contributed by atoms with Gasteiger partial charge in [0, 0.05) is 6.04 Å². The van der Waals surface area contributed by atoms with E-state index in [0.717, 1.165) is 30.9 Å². The Morgan fingerprint density at radius 1 is 1.19 bits per heavy atom. The number of methoxy groups -OCH3 is 1. The van der Waals surface area contributed by atoms with Crippen molar-refractivity contribution in [2.75, 3.05) is 38.7 Å². The van der Waals surface area contributed by atoms with Gasteiger partial charge in [0.1, 0.15) is 19.0 Å². The number of nitrogens with zero attached hydrogens (tertiary/aromatic N) is 1. The number of nitrogens with one attached hydrogen (secondary N) is 1. The van der Waals surface area contributed by atoms with Crippen LogP contribution < -0.4 is 19.5 Å². The first kappa shape index (κ1) is 17.7. The van der Waals surface area contributed by atoms with Gasteiger partial charge in [-0.2, -0.15) is 0 Å². The summed E-state index contributed by atoms with van der Waals surface area (Å²) in [4.78, 5) is 14.8. The van der Waals surface area contributed by atoms with Crippen molar-refractivity contribution in [2.24, 2.45) is 0 Å². The molecule has 6 nitrogen and oxygen atoms in total. The van der Waals surface area contributed by atoms with Gasteiger partial charge >= 0.3 is 0 Å². The normalized spacial score (nSPS) is 18.9. The van der Waals surface area contributed by atoms with Crippen LogP contribution in [0.1, 0.15) is 24.4 Å². The number of hydrogen-bond acceptors (Lipinski definition) is 5. The molecular formula is C21H24N2O4. The third kappa shape index (κ3) is 3.85. The van der Waals surface area contributed by atoms with Gasteiger partial charge < -0.3 is 19.5 Å². The summed E-state index contributed by atoms with van der Waals surface area (Å²) in [5, 5.41) is 2.96. The molecule has 0 bridgehead atoms. The molecule has 2 aromatic carbocycles. The fourth-order valence-electron chi connectivity index (χ4n) is 3.78. The van der Waals surface area contributed by atoms with Crippen LogP contribution in [0.5, 0.6) is 17.2 Å². The standard InChI is InChI=1S/C21H24N2O4/c1-25-18-7-3-2-5-16(18)22-21(24)14-23-10-4-6-17(23)15-8-9-19-20(13-15)27-12-11-26-19/h2-3,5,7-9,13,17H,4,6,10-12,14H2,1H3,(H,22,24). The van der Waals surface area contributed by atoms with Gasteiger partial charge in [0.05, 0.1) is 19.3 Å². The van der Waals surface area contributed by atoms with Gasteiger partial charge in [0.25, 0.3) is 0 Å². The number of benzene rings is 2. The number of fused-ring (bicyclic) bond motifs is 1. The maximum Gasteiger partial charge on any atom is 0.238 e. The molecule has 6 heteroatoms. The van der Waals surface area contributed by atoms with Gasteiger partial charge in [0.2, 0.25) is 5.91 Å². The molecule has 0 radical (unpaired) electrons. The minimum atomic E-state index is -0.0380. The van der Waals surface area contributed by atoms with Crippen molar-refractivity contribution in [3.8, 4) is 17.2 Å². The quantitative estimate of drug-likeness (QED) is 0.878. The van der Waals surface area contributed by atoms with Gasteiger partial charge in [-0.15, -0.1) is 0 Å². The summed E-state index contributed by atoms with van der Waals surface area (Å²) in [6.45, 7) is 2.41. The molecule has 2 aromatic rings. The average Bonchev–Trinajstić information content (AvgIpc) is 3.16. The second-order valence-electron chi connectivity index (χ2n) is 6.78. The second-order valence-corrected chi connectivity index (χ2v) is 6.78. The Labute approximate surface area is 159 Å². The molecule has 0 aromatic heterocycles. The fourth-order valence-corrected chi connectivity index (χ4v) is 3.78. The zero-order chi connectivity index (χ0) is 18.6. The van der Waals surface area contributed by atoms with E-state index in [-0.39, 0.29) is 11.9 Å². The molecule has 1 unspecified atom stereocenters. The van der Waals surface area contributed by atoms with Crippen LogP contribution in [0.25, 0.3) is 0 Å². The Bertz CT molecular complexity index is 824. The minimum absolute atomic E-state index is 0.0380. The Balaban J connectivity index is 1.45. The SMILES string of the molecule is COc1ccccc1NC(=O)CN1CCCC1c1ccc2c(c1)OCCO2. The van der Waals surface area contributed by atoms with Crippen LogP contribution in [0.3, 0.4) is 0 Å². The van der Waals surface area contributed by atoms with E-state index >= 15 is 0 Å². The van der Waals surface area contributed by atoms with Gasteiger partial charge in [-0.05, 0) is 49.2 Å². The fraction of sp³-hybridized carbons (Fsp3) is 0.381. The van der Waals surface area contributed by atoms with Crippen molar-refractivity contribution in [1.82, 2.24) is 4.90 Å². The molecule has 2 aliphatic rings. The number of rotatable bonds is 5. The molecule has 0 saturated carbocycles. The molecule has 1 saturated heterocycles. The lowest BCUT2D eigenvalue weighted by molar-refractivity contribution is -0.117. The van der Waals surface area contributed by atoms with Crippen molar-refractivity contribution in [1.29, 1.82) is 0 Å². The van der Waals surface area contributed by atoms with Crippen LogP contribution in [-0.4, -0.2) is 44.2 Å². The summed E-state index contributed by atoms with van der Waals surface area (Å²) in [6, 6.07) is 13.8. The van der Waals surface area contributed by atoms with Crippen LogP contribution in [0, 0.1) is 0 Å². The van der Waals surface area contributed by atoms with Crippen LogP contribution in [0.15, 0.2) is 42.5 Å². The van der Waals surface area contributed by atoms with E-state index in [9.17, 15) is 4.79 Å². The van der Waals surface area contributed by atoms with Crippen molar-refractivity contribution >= 4 is 11.6 Å². The molecule has 4 rings (SSSR count). The monoisotopic (exact) mass is 368 g/mol. The number of carbonyl (C=O) groups excluding carboxylic acids is 1. The Morgan fingerprint density at radius 2 is 2.00 bits per heavy atom. The van der Waals surface area contributed by atoms with Gasteiger partial charge in [-0.3, -0.25) is 9.69 Å². The first-order valence-electron chi connectivity index (χ1n) is 9.31. The van der Waals surface area contributed by atoms with Crippen LogP contribution in [0.2, 0.25) is 0 Å². The first-order valence-corrected chi connectivity index (χ1v) is 9.31. The molecule has 1 amide bonds. The molecule has 1 atom stereocenters. The summed E-state index contributed by atoms with van der Waals surface area (Å²) < 4.78 is 16.6. The summed E-state index contributed by atoms with van der Waals surface area (Å²) >= 11 is 0. The number of para-hydroxylation sites is 2. The van der Waals surface area contributed by atoms with Crippen molar-refractivity contribution in [2.45, 2.75) is 18.9 Å². The Hall–Kier alpha value is -2.73. The summed E-state index contributed by atoms with van der Waals surface area (Å²) in [5.74, 6) is 2.21. The third-order valence-electron chi connectivity index (χ3n) is 5.04. The summed E-state index contributed by atoms with van der Waals surface area (Å²) in [7, 11) is 1.60. The van der Waals surface area contributed by atoms with E-state index in [2.05, 4.69) is 22.3 Å². The van der Waals surface area contributed by atoms with E-state index in [0.29, 0.717) is 31.2 Å². The predicted molar refractivity (Wildman–Crippen MR) is 103 cm³/mol. The molecular weight excluding hydrogens is 344 g/mol. The Kier molecular flexibility index (Phi) is 5.16. The largest absolute Gasteiger partial charge is 0.495 e. The molecule has 0 spiro atoms. The van der Waals surface area contributed by atoms with Crippen molar-refractivity contribution in [3.05, 3.63) is 48.0 Å². The zero-order valence-corrected chi connectivity index (χ0v) is 15.4. The van der Waals surface area contributed by atoms with E-state index in [1.54, 1.807) is 7.11 Å². The minimum Gasteiger partial charge on any atom is -0.495 e. The highest BCUT2D eigenvalue weighted by molar-refractivity contribution is 5.93. The third-order valence-corrected chi connectivity index (χ3v) is 5.04. The number of hydrogen-bond donors (Lipinski definition) is 1. The molecule has 1 fully saturated rings. The van der Waals surface area contributed by atoms with Crippen LogP contribution >= 0.6 is 0 Å². The van der Waals surface area contributed by atoms with E-state index in [1.165, 1.54) is 5.56 Å². The highest BCUT2D eigenvalue weighted by Gasteiger charge is 2.29. The van der Waals surface area contributed by atoms with E-state index < -0.39 is 0 Å². The predicted octanol–water partition coefficient (Wildman–Crippen LogP) is 3.24. The smallest absolute Gasteiger partial charge is 0.238 e. The van der Waals surface area contributed by atoms with Crippen LogP contribution in [0.4, 0.5) is 5.69 Å². The highest BCUT2D eigenvalue weighted by atomic mass is 16.6. The van der Waals surface area contributed by atoms with Gasteiger partial charge in [0.15, 0.2) is 11.5 Å². The second kappa shape index (κ2) is 7.88. The maximum absolute atomic E-state index is 12.6. The molecule has 27 heavy (non-hydrogen) atoms. The molecule has 2 aliphatic heterocycles. The molecule has 1 N–H and O–H groups in total. The number of ether oxygens (including phenoxy) is 3. The summed E-state index contributed by atoms with van der Waals surface area (Å²) in [5.41, 5.74) is 1.86. The van der Waals surface area contributed by atoms with Gasteiger partial charge in [-0.25, -0.2) is 0 Å². The van der Waals surface area contributed by atoms with Crippen LogP contribution in [-0.2, 0) is 4.79 Å². The molecule has 0 aliphatic carbocycles. The van der Waals surface area contributed by atoms with Crippen molar-refractivity contribution in [3.63, 3.8) is 0 Å². The Morgan fingerprint density at radius 3 is 2.85 bits per heavy atom. The number of anilines is 1. The summed E-state index contributed by atoms with van der Waals surface area (Å²) in [6.07, 6.45) is 2.10. The lowest BCUT2D eigenvalue weighted by Crippen LogP contribution is -2.33. The lowest BCUT2D eigenvalue weighted by Gasteiger charge is -2.26. The topological polar surface area (TPSA) is 60.0 Å². The van der Waals surface area contributed by atoms with E-state index in [1.807, 2.05) is 30.3 Å².